The average molecular weight is 427 g/mol. The first-order valence-corrected chi connectivity index (χ1v) is 11.2. The predicted molar refractivity (Wildman–Crippen MR) is 110 cm³/mol. The van der Waals surface area contributed by atoms with Gasteiger partial charge in [-0.15, -0.1) is 0 Å². The van der Waals surface area contributed by atoms with Gasteiger partial charge in [0.05, 0.1) is 22.5 Å². The fraction of sp³-hybridized carbons (Fsp3) is 0.762. The van der Waals surface area contributed by atoms with Crippen LogP contribution < -0.4 is 5.32 Å². The molecule has 148 valence electrons. The van der Waals surface area contributed by atoms with Gasteiger partial charge in [-0.3, -0.25) is 4.79 Å². The van der Waals surface area contributed by atoms with E-state index < -0.39 is 0 Å². The van der Waals surface area contributed by atoms with Gasteiger partial charge in [-0.2, -0.15) is 0 Å². The molecule has 2 N–H and O–H groups in total. The fourth-order valence-corrected chi connectivity index (χ4v) is 4.62. The van der Waals surface area contributed by atoms with E-state index in [9.17, 15) is 9.90 Å². The Bertz CT molecular complexity index is 565. The first-order chi connectivity index (χ1) is 12.6. The van der Waals surface area contributed by atoms with Crippen molar-refractivity contribution in [1.82, 2.24) is 9.88 Å². The zero-order valence-corrected chi connectivity index (χ0v) is 18.0. The second kappa shape index (κ2) is 11.1. The molecule has 0 radical (unpaired) electrons. The molecule has 1 unspecified atom stereocenters. The van der Waals surface area contributed by atoms with Gasteiger partial charge in [-0.25, -0.2) is 0 Å². The summed E-state index contributed by atoms with van der Waals surface area (Å²) in [4.78, 5) is 12.8. The van der Waals surface area contributed by atoms with Crippen molar-refractivity contribution in [1.29, 1.82) is 0 Å². The van der Waals surface area contributed by atoms with Gasteiger partial charge in [0.25, 0.3) is 5.91 Å². The first kappa shape index (κ1) is 21.5. The highest BCUT2D eigenvalue weighted by molar-refractivity contribution is 9.10. The van der Waals surface area contributed by atoms with E-state index in [4.69, 9.17) is 0 Å². The lowest BCUT2D eigenvalue weighted by Crippen LogP contribution is -2.34. The molecule has 1 aliphatic carbocycles. The number of aliphatic hydroxyl groups is 1. The number of aliphatic hydroxyl groups excluding tert-OH is 1. The van der Waals surface area contributed by atoms with Crippen molar-refractivity contribution >= 4 is 21.8 Å². The van der Waals surface area contributed by atoms with E-state index in [1.807, 2.05) is 6.07 Å². The number of nitrogens with zero attached hydrogens (tertiary/aromatic N) is 1. The summed E-state index contributed by atoms with van der Waals surface area (Å²) in [5.74, 6) is 0.589. The first-order valence-electron chi connectivity index (χ1n) is 10.4. The van der Waals surface area contributed by atoms with Crippen LogP contribution in [0.3, 0.4) is 0 Å². The lowest BCUT2D eigenvalue weighted by atomic mass is 9.89. The smallest absolute Gasteiger partial charge is 0.253 e. The fourth-order valence-electron chi connectivity index (χ4n) is 4.03. The molecule has 1 amide bonds. The molecule has 1 saturated carbocycles. The van der Waals surface area contributed by atoms with Crippen molar-refractivity contribution in [2.75, 3.05) is 0 Å². The Morgan fingerprint density at radius 3 is 2.65 bits per heavy atom. The minimum Gasteiger partial charge on any atom is -0.390 e. The minimum absolute atomic E-state index is 0.0551. The Balaban J connectivity index is 2.07. The van der Waals surface area contributed by atoms with Crippen LogP contribution in [-0.2, 0) is 13.2 Å². The van der Waals surface area contributed by atoms with Gasteiger partial charge in [-0.1, -0.05) is 52.4 Å². The standard InChI is InChI=1S/C21H35BrN2O2/c1-3-5-7-12-17(4-2)23-21(26)18-13-20(22)24(19(18)15-25)14-16-10-8-6-9-11-16/h13,16-17,25H,3-12,14-15H2,1-2H3,(H,23,26). The maximum Gasteiger partial charge on any atom is 0.253 e. The highest BCUT2D eigenvalue weighted by atomic mass is 79.9. The van der Waals surface area contributed by atoms with E-state index in [0.717, 1.165) is 36.1 Å². The highest BCUT2D eigenvalue weighted by Crippen LogP contribution is 2.29. The Morgan fingerprint density at radius 2 is 2.04 bits per heavy atom. The monoisotopic (exact) mass is 426 g/mol. The maximum atomic E-state index is 12.8. The average Bonchev–Trinajstić information content (AvgIpc) is 2.97. The molecular weight excluding hydrogens is 392 g/mol. The molecule has 1 aliphatic rings. The van der Waals surface area contributed by atoms with Crippen LogP contribution in [0, 0.1) is 5.92 Å². The number of halogens is 1. The van der Waals surface area contributed by atoms with Gasteiger partial charge < -0.3 is 15.0 Å². The molecule has 0 spiro atoms. The number of hydrogen-bond acceptors (Lipinski definition) is 2. The van der Waals surface area contributed by atoms with Crippen LogP contribution in [0.1, 0.15) is 94.1 Å². The maximum absolute atomic E-state index is 12.8. The molecule has 1 atom stereocenters. The third kappa shape index (κ3) is 5.85. The topological polar surface area (TPSA) is 54.3 Å². The second-order valence-electron chi connectivity index (χ2n) is 7.67. The van der Waals surface area contributed by atoms with Crippen LogP contribution in [0.2, 0.25) is 0 Å². The van der Waals surface area contributed by atoms with E-state index in [2.05, 4.69) is 39.7 Å². The Hall–Kier alpha value is -0.810. The summed E-state index contributed by atoms with van der Waals surface area (Å²) in [6.07, 6.45) is 11.9. The summed E-state index contributed by atoms with van der Waals surface area (Å²) in [7, 11) is 0. The summed E-state index contributed by atoms with van der Waals surface area (Å²) >= 11 is 3.61. The van der Waals surface area contributed by atoms with Crippen LogP contribution in [0.5, 0.6) is 0 Å². The van der Waals surface area contributed by atoms with Crippen molar-refractivity contribution < 1.29 is 9.90 Å². The normalized spacial score (nSPS) is 16.6. The van der Waals surface area contributed by atoms with Crippen molar-refractivity contribution in [2.45, 2.75) is 97.2 Å². The molecule has 1 aromatic rings. The SMILES string of the molecule is CCCCCC(CC)NC(=O)c1cc(Br)n(CC2CCCCC2)c1CO. The summed E-state index contributed by atoms with van der Waals surface area (Å²) in [5.41, 5.74) is 1.35. The second-order valence-corrected chi connectivity index (χ2v) is 8.49. The quantitative estimate of drug-likeness (QED) is 0.491. The van der Waals surface area contributed by atoms with Crippen LogP contribution in [-0.4, -0.2) is 21.6 Å². The number of hydrogen-bond donors (Lipinski definition) is 2. The van der Waals surface area contributed by atoms with Crippen molar-refractivity contribution in [3.05, 3.63) is 21.9 Å². The lowest BCUT2D eigenvalue weighted by Gasteiger charge is -2.24. The number of rotatable bonds is 10. The summed E-state index contributed by atoms with van der Waals surface area (Å²) in [5, 5.41) is 13.1. The Morgan fingerprint density at radius 1 is 1.31 bits per heavy atom. The Labute approximate surface area is 166 Å². The zero-order chi connectivity index (χ0) is 18.9. The molecule has 1 aromatic heterocycles. The molecule has 0 saturated heterocycles. The molecule has 0 aliphatic heterocycles. The minimum atomic E-state index is -0.103. The van der Waals surface area contributed by atoms with Gasteiger partial charge in [0, 0.05) is 12.6 Å². The molecule has 4 nitrogen and oxygen atoms in total. The van der Waals surface area contributed by atoms with E-state index in [1.165, 1.54) is 44.9 Å². The zero-order valence-electron chi connectivity index (χ0n) is 16.4. The number of amides is 1. The third-order valence-electron chi connectivity index (χ3n) is 5.70. The van der Waals surface area contributed by atoms with Gasteiger partial charge in [-0.05, 0) is 53.6 Å². The van der Waals surface area contributed by atoms with Crippen LogP contribution >= 0.6 is 15.9 Å². The number of aromatic nitrogens is 1. The summed E-state index contributed by atoms with van der Waals surface area (Å²) in [6, 6.07) is 2.09. The van der Waals surface area contributed by atoms with E-state index in [1.54, 1.807) is 0 Å². The van der Waals surface area contributed by atoms with E-state index in [-0.39, 0.29) is 18.6 Å². The molecule has 2 rings (SSSR count). The van der Waals surface area contributed by atoms with Gasteiger partial charge in [0.2, 0.25) is 0 Å². The van der Waals surface area contributed by atoms with Gasteiger partial charge in [0.1, 0.15) is 0 Å². The molecule has 1 heterocycles. The van der Waals surface area contributed by atoms with Crippen LogP contribution in [0.25, 0.3) is 0 Å². The largest absolute Gasteiger partial charge is 0.390 e. The van der Waals surface area contributed by atoms with Crippen molar-refractivity contribution in [3.8, 4) is 0 Å². The third-order valence-corrected chi connectivity index (χ3v) is 6.36. The van der Waals surface area contributed by atoms with Crippen molar-refractivity contribution in [2.24, 2.45) is 5.92 Å². The van der Waals surface area contributed by atoms with Crippen LogP contribution in [0.4, 0.5) is 0 Å². The molecule has 0 aromatic carbocycles. The molecule has 26 heavy (non-hydrogen) atoms. The molecule has 5 heteroatoms. The predicted octanol–water partition coefficient (Wildman–Crippen LogP) is 5.41. The number of nitrogens with one attached hydrogen (secondary N) is 1. The highest BCUT2D eigenvalue weighted by Gasteiger charge is 2.23. The Kier molecular flexibility index (Phi) is 9.20. The molecule has 1 fully saturated rings. The summed E-state index contributed by atoms with van der Waals surface area (Å²) < 4.78 is 3.00. The summed E-state index contributed by atoms with van der Waals surface area (Å²) in [6.45, 7) is 5.10. The van der Waals surface area contributed by atoms with Crippen LogP contribution in [0.15, 0.2) is 10.7 Å². The van der Waals surface area contributed by atoms with E-state index >= 15 is 0 Å². The lowest BCUT2D eigenvalue weighted by molar-refractivity contribution is 0.0929. The van der Waals surface area contributed by atoms with E-state index in [0.29, 0.717) is 11.5 Å². The molecule has 0 bridgehead atoms. The molecular formula is C21H35BrN2O2. The number of carbonyl (C=O) groups excluding carboxylic acids is 1. The van der Waals surface area contributed by atoms with Crippen molar-refractivity contribution in [3.63, 3.8) is 0 Å². The number of carbonyl (C=O) groups is 1. The number of unbranched alkanes of at least 4 members (excludes halogenated alkanes) is 2. The van der Waals surface area contributed by atoms with Gasteiger partial charge >= 0.3 is 0 Å². The van der Waals surface area contributed by atoms with Gasteiger partial charge in [0.15, 0.2) is 0 Å².